The molecule has 0 amide bonds. The third kappa shape index (κ3) is 6.39. The van der Waals surface area contributed by atoms with E-state index in [4.69, 9.17) is 0 Å². The molecule has 0 aromatic heterocycles. The summed E-state index contributed by atoms with van der Waals surface area (Å²) in [5, 5.41) is 0. The van der Waals surface area contributed by atoms with E-state index in [9.17, 15) is 0 Å². The van der Waals surface area contributed by atoms with E-state index in [-0.39, 0.29) is 0 Å². The number of hydrogen-bond acceptors (Lipinski definition) is 0. The zero-order valence-electron chi connectivity index (χ0n) is 30.6. The van der Waals surface area contributed by atoms with Crippen molar-refractivity contribution in [1.29, 1.82) is 0 Å². The predicted octanol–water partition coefficient (Wildman–Crippen LogP) is 13.2. The maximum Gasteiger partial charge on any atom is 0.000175 e. The molecule has 6 aliphatic carbocycles. The highest BCUT2D eigenvalue weighted by Crippen LogP contribution is 2.62. The van der Waals surface area contributed by atoms with Gasteiger partial charge in [-0.25, -0.2) is 0 Å². The Bertz CT molecular complexity index is 1730. The van der Waals surface area contributed by atoms with Crippen molar-refractivity contribution in [2.45, 2.75) is 113 Å². The van der Waals surface area contributed by atoms with Crippen LogP contribution in [0.2, 0.25) is 0 Å². The first-order valence-electron chi connectivity index (χ1n) is 18.8. The van der Waals surface area contributed by atoms with Gasteiger partial charge in [0.25, 0.3) is 0 Å². The summed E-state index contributed by atoms with van der Waals surface area (Å²) in [5.41, 5.74) is 19.3. The molecule has 6 aliphatic rings. The Morgan fingerprint density at radius 1 is 0.830 bits per heavy atom. The zero-order valence-corrected chi connectivity index (χ0v) is 30.6. The van der Waals surface area contributed by atoms with Gasteiger partial charge < -0.3 is 0 Å². The normalized spacial score (nSPS) is 25.8. The number of aryl methyl sites for hydroxylation is 2. The molecule has 246 valence electrons. The Morgan fingerprint density at radius 2 is 1.47 bits per heavy atom. The second-order valence-electron chi connectivity index (χ2n) is 17.9. The Kier molecular flexibility index (Phi) is 8.56. The van der Waals surface area contributed by atoms with Crippen LogP contribution < -0.4 is 0 Å². The van der Waals surface area contributed by atoms with E-state index in [0.29, 0.717) is 11.3 Å². The third-order valence-corrected chi connectivity index (χ3v) is 12.0. The van der Waals surface area contributed by atoms with Gasteiger partial charge in [0.2, 0.25) is 0 Å². The summed E-state index contributed by atoms with van der Waals surface area (Å²) in [7, 11) is 0. The van der Waals surface area contributed by atoms with Gasteiger partial charge in [0.05, 0.1) is 0 Å². The minimum Gasteiger partial charge on any atom is -0.0998 e. The number of rotatable bonds is 6. The number of benzene rings is 3. The SMILES string of the molecule is C=C(C)Cc1c(C)cc2c(c1-c1ccc(C)cc1)CC(c1ccc3c(c1)C(C1C4CC(C5CCC5)CC1C4)=CC3C)=C2.CC(C)(C)C. The molecule has 0 heterocycles. The minimum atomic E-state index is 0.500. The van der Waals surface area contributed by atoms with Crippen LogP contribution in [0.4, 0.5) is 0 Å². The van der Waals surface area contributed by atoms with Gasteiger partial charge >= 0.3 is 0 Å². The van der Waals surface area contributed by atoms with E-state index in [1.54, 1.807) is 16.7 Å². The summed E-state index contributed by atoms with van der Waals surface area (Å²) in [5.74, 6) is 5.32. The molecular weight excluding hydrogens is 565 g/mol. The zero-order chi connectivity index (χ0) is 33.2. The Labute approximate surface area is 286 Å². The van der Waals surface area contributed by atoms with Crippen LogP contribution in [0.15, 0.2) is 66.8 Å². The van der Waals surface area contributed by atoms with Gasteiger partial charge in [0.1, 0.15) is 0 Å². The standard InChI is InChI=1S/C42H46.C5H12/c1-24(2)15-37-26(4)16-33-18-32(23-38(33)42(37)29-11-9-25(3)10-12-29)30-13-14-36-27(5)17-40(39(36)22-30)41-34-19-31(20-35(41)21-34)28-7-6-8-28;1-5(2,3)4/h9-14,16-18,22,27-28,31,34-35,41H,1,6-8,15,19-21,23H2,2-5H3;1-4H3. The van der Waals surface area contributed by atoms with Crippen molar-refractivity contribution < 1.29 is 0 Å². The summed E-state index contributed by atoms with van der Waals surface area (Å²) >= 11 is 0. The topological polar surface area (TPSA) is 0 Å². The number of fused-ring (bicyclic) bond motifs is 4. The van der Waals surface area contributed by atoms with Crippen molar-refractivity contribution in [1.82, 2.24) is 0 Å². The highest BCUT2D eigenvalue weighted by Gasteiger charge is 2.51. The largest absolute Gasteiger partial charge is 0.0998 e. The number of allylic oxidation sites excluding steroid dienone is 4. The van der Waals surface area contributed by atoms with E-state index >= 15 is 0 Å². The van der Waals surface area contributed by atoms with Crippen molar-refractivity contribution in [3.8, 4) is 11.1 Å². The monoisotopic (exact) mass is 622 g/mol. The van der Waals surface area contributed by atoms with Crippen LogP contribution in [0.5, 0.6) is 0 Å². The molecule has 3 aromatic carbocycles. The molecule has 4 saturated carbocycles. The van der Waals surface area contributed by atoms with Crippen molar-refractivity contribution in [2.24, 2.45) is 35.0 Å². The molecule has 0 N–H and O–H groups in total. The molecule has 0 heteroatoms. The summed E-state index contributed by atoms with van der Waals surface area (Å²) in [4.78, 5) is 0. The third-order valence-electron chi connectivity index (χ3n) is 12.0. The minimum absolute atomic E-state index is 0.500. The van der Waals surface area contributed by atoms with Crippen LogP contribution in [0.3, 0.4) is 0 Å². The van der Waals surface area contributed by atoms with Crippen molar-refractivity contribution in [3.63, 3.8) is 0 Å². The second-order valence-corrected chi connectivity index (χ2v) is 17.9. The Balaban J connectivity index is 0.000000656. The van der Waals surface area contributed by atoms with E-state index in [2.05, 4.69) is 123 Å². The van der Waals surface area contributed by atoms with Gasteiger partial charge in [-0.05, 0) is 155 Å². The molecular formula is C47H58. The second kappa shape index (κ2) is 12.4. The fourth-order valence-corrected chi connectivity index (χ4v) is 9.64. The highest BCUT2D eigenvalue weighted by molar-refractivity contribution is 5.94. The van der Waals surface area contributed by atoms with E-state index in [1.807, 2.05) is 0 Å². The molecule has 2 bridgehead atoms. The van der Waals surface area contributed by atoms with Crippen LogP contribution in [-0.4, -0.2) is 0 Å². The van der Waals surface area contributed by atoms with E-state index in [0.717, 1.165) is 42.4 Å². The highest BCUT2D eigenvalue weighted by atomic mass is 14.6. The Hall–Kier alpha value is -3.12. The molecule has 0 nitrogen and oxygen atoms in total. The molecule has 0 radical (unpaired) electrons. The maximum atomic E-state index is 4.29. The molecule has 0 aliphatic heterocycles. The fraction of sp³-hybridized carbons (Fsp3) is 0.489. The summed E-state index contributed by atoms with van der Waals surface area (Å²) < 4.78 is 0. The summed E-state index contributed by atoms with van der Waals surface area (Å²) in [6.45, 7) is 22.1. The lowest BCUT2D eigenvalue weighted by Gasteiger charge is -2.56. The van der Waals surface area contributed by atoms with Crippen LogP contribution in [0, 0.1) is 48.9 Å². The maximum absolute atomic E-state index is 4.29. The fourth-order valence-electron chi connectivity index (χ4n) is 9.64. The molecule has 3 atom stereocenters. The first kappa shape index (κ1) is 32.4. The van der Waals surface area contributed by atoms with Crippen molar-refractivity contribution in [3.05, 3.63) is 111 Å². The lowest BCUT2D eigenvalue weighted by atomic mass is 9.49. The molecule has 0 spiro atoms. The average molecular weight is 623 g/mol. The van der Waals surface area contributed by atoms with Crippen molar-refractivity contribution in [2.75, 3.05) is 0 Å². The quantitative estimate of drug-likeness (QED) is 0.240. The summed E-state index contributed by atoms with van der Waals surface area (Å²) in [6, 6.07) is 19.1. The molecule has 0 saturated heterocycles. The van der Waals surface area contributed by atoms with Gasteiger partial charge in [-0.15, -0.1) is 0 Å². The smallest absolute Gasteiger partial charge is 0.000175 e. The Morgan fingerprint density at radius 3 is 2.09 bits per heavy atom. The number of hydrogen-bond donors (Lipinski definition) is 0. The average Bonchev–Trinajstić information content (AvgIpc) is 3.52. The van der Waals surface area contributed by atoms with Crippen LogP contribution in [-0.2, 0) is 12.8 Å². The molecule has 9 rings (SSSR count). The van der Waals surface area contributed by atoms with Gasteiger partial charge in [0, 0.05) is 5.92 Å². The van der Waals surface area contributed by atoms with Crippen LogP contribution in [0.1, 0.15) is 130 Å². The van der Waals surface area contributed by atoms with Crippen LogP contribution in [0.25, 0.3) is 28.3 Å². The predicted molar refractivity (Wildman–Crippen MR) is 205 cm³/mol. The van der Waals surface area contributed by atoms with Gasteiger partial charge in [-0.1, -0.05) is 126 Å². The molecule has 4 fully saturated rings. The lowest BCUT2D eigenvalue weighted by Crippen LogP contribution is -2.46. The van der Waals surface area contributed by atoms with Crippen molar-refractivity contribution >= 4 is 17.2 Å². The molecule has 3 aromatic rings. The van der Waals surface area contributed by atoms with E-state index < -0.39 is 0 Å². The first-order valence-corrected chi connectivity index (χ1v) is 18.8. The van der Waals surface area contributed by atoms with Gasteiger partial charge in [-0.2, -0.15) is 0 Å². The van der Waals surface area contributed by atoms with Crippen LogP contribution >= 0.6 is 0 Å². The first-order chi connectivity index (χ1) is 22.3. The molecule has 47 heavy (non-hydrogen) atoms. The lowest BCUT2D eigenvalue weighted by molar-refractivity contribution is -0.0188. The van der Waals surface area contributed by atoms with Gasteiger partial charge in [-0.3, -0.25) is 0 Å². The van der Waals surface area contributed by atoms with Gasteiger partial charge in [0.15, 0.2) is 0 Å². The summed E-state index contributed by atoms with van der Waals surface area (Å²) in [6.07, 6.45) is 16.1. The molecule has 3 unspecified atom stereocenters. The van der Waals surface area contributed by atoms with E-state index in [1.165, 1.54) is 94.2 Å².